The minimum absolute atomic E-state index is 0.0451. The van der Waals surface area contributed by atoms with Crippen LogP contribution in [0.15, 0.2) is 0 Å². The van der Waals surface area contributed by atoms with E-state index in [-0.39, 0.29) is 18.5 Å². The Morgan fingerprint density at radius 2 is 0.956 bits per heavy atom. The number of hydrogen-bond donors (Lipinski definition) is 1. The van der Waals surface area contributed by atoms with Crippen molar-refractivity contribution >= 4 is 11.9 Å². The van der Waals surface area contributed by atoms with Gasteiger partial charge in [0.15, 0.2) is 0 Å². The molecule has 0 rings (SSSR count). The van der Waals surface area contributed by atoms with Crippen LogP contribution in [0.5, 0.6) is 0 Å². The molecule has 0 amide bonds. The smallest absolute Gasteiger partial charge is 0.311 e. The normalized spacial score (nSPS) is 11.8. The zero-order valence-corrected chi connectivity index (χ0v) is 30.7. The Balaban J connectivity index is 3.86. The first-order valence-electron chi connectivity index (χ1n) is 19.5. The van der Waals surface area contributed by atoms with Crippen molar-refractivity contribution in [1.29, 1.82) is 0 Å². The van der Waals surface area contributed by atoms with Crippen molar-refractivity contribution in [3.63, 3.8) is 0 Å². The van der Waals surface area contributed by atoms with Gasteiger partial charge < -0.3 is 19.5 Å². The average molecular weight is 640 g/mol. The van der Waals surface area contributed by atoms with E-state index >= 15 is 0 Å². The molecular weight excluding hydrogens is 562 g/mol. The van der Waals surface area contributed by atoms with Crippen LogP contribution in [-0.2, 0) is 19.1 Å². The molecule has 0 aromatic heterocycles. The summed E-state index contributed by atoms with van der Waals surface area (Å²) in [7, 11) is 0. The Bertz CT molecular complexity index is 653. The van der Waals surface area contributed by atoms with Gasteiger partial charge in [0.25, 0.3) is 0 Å². The Hall–Kier alpha value is -1.14. The average Bonchev–Trinajstić information content (AvgIpc) is 3.02. The fraction of sp³-hybridized carbons (Fsp3) is 0.949. The third-order valence-electron chi connectivity index (χ3n) is 9.06. The molecule has 0 aromatic carbocycles. The third kappa shape index (κ3) is 30.0. The van der Waals surface area contributed by atoms with Gasteiger partial charge in [0, 0.05) is 19.6 Å². The summed E-state index contributed by atoms with van der Waals surface area (Å²) in [6.45, 7) is 12.9. The molecule has 6 heteroatoms. The van der Waals surface area contributed by atoms with Crippen LogP contribution in [0.25, 0.3) is 0 Å². The van der Waals surface area contributed by atoms with E-state index in [1.54, 1.807) is 0 Å². The Kier molecular flexibility index (Phi) is 32.0. The van der Waals surface area contributed by atoms with Gasteiger partial charge in [-0.15, -0.1) is 0 Å². The molecule has 0 spiro atoms. The topological polar surface area (TPSA) is 76.1 Å². The molecule has 6 nitrogen and oxygen atoms in total. The van der Waals surface area contributed by atoms with Gasteiger partial charge >= 0.3 is 11.9 Å². The Morgan fingerprint density at radius 3 is 1.49 bits per heavy atom. The number of aliphatic hydroxyl groups is 1. The van der Waals surface area contributed by atoms with E-state index in [0.29, 0.717) is 19.6 Å². The quantitative estimate of drug-likeness (QED) is 0.0549. The summed E-state index contributed by atoms with van der Waals surface area (Å²) in [5.41, 5.74) is -0.409. The molecule has 0 radical (unpaired) electrons. The van der Waals surface area contributed by atoms with Gasteiger partial charge in [0.2, 0.25) is 0 Å². The monoisotopic (exact) mass is 640 g/mol. The lowest BCUT2D eigenvalue weighted by molar-refractivity contribution is -0.154. The van der Waals surface area contributed by atoms with Gasteiger partial charge in [-0.25, -0.2) is 0 Å². The molecule has 0 aliphatic carbocycles. The second-order valence-corrected chi connectivity index (χ2v) is 14.1. The Labute approximate surface area is 280 Å². The highest BCUT2D eigenvalue weighted by Crippen LogP contribution is 2.26. The molecule has 0 bridgehead atoms. The second kappa shape index (κ2) is 32.8. The van der Waals surface area contributed by atoms with Crippen molar-refractivity contribution in [2.45, 2.75) is 195 Å². The highest BCUT2D eigenvalue weighted by atomic mass is 16.5. The van der Waals surface area contributed by atoms with Crippen LogP contribution in [0.3, 0.4) is 0 Å². The van der Waals surface area contributed by atoms with Gasteiger partial charge in [-0.05, 0) is 71.9 Å². The molecule has 45 heavy (non-hydrogen) atoms. The van der Waals surface area contributed by atoms with E-state index in [2.05, 4.69) is 18.7 Å². The number of carbonyl (C=O) groups excluding carboxylic acids is 2. The van der Waals surface area contributed by atoms with E-state index in [4.69, 9.17) is 9.47 Å². The van der Waals surface area contributed by atoms with Crippen LogP contribution in [0.2, 0.25) is 0 Å². The summed E-state index contributed by atoms with van der Waals surface area (Å²) in [5.74, 6) is -0.0907. The maximum Gasteiger partial charge on any atom is 0.311 e. The fourth-order valence-electron chi connectivity index (χ4n) is 5.86. The number of nitrogens with zero attached hydrogens (tertiary/aromatic N) is 1. The molecule has 1 N–H and O–H groups in total. The van der Waals surface area contributed by atoms with E-state index in [0.717, 1.165) is 103 Å². The van der Waals surface area contributed by atoms with Crippen LogP contribution in [0.4, 0.5) is 0 Å². The molecule has 0 fully saturated rings. The molecule has 0 atom stereocenters. The first kappa shape index (κ1) is 43.9. The number of esters is 2. The van der Waals surface area contributed by atoms with Crippen molar-refractivity contribution in [2.75, 3.05) is 39.5 Å². The number of aliphatic hydroxyl groups excluding tert-OH is 1. The zero-order chi connectivity index (χ0) is 33.3. The van der Waals surface area contributed by atoms with Crippen LogP contribution in [0.1, 0.15) is 195 Å². The molecule has 0 aliphatic rings. The van der Waals surface area contributed by atoms with Crippen molar-refractivity contribution in [3.05, 3.63) is 0 Å². The highest BCUT2D eigenvalue weighted by Gasteiger charge is 2.28. The lowest BCUT2D eigenvalue weighted by Crippen LogP contribution is -2.28. The maximum atomic E-state index is 12.6. The molecule has 0 heterocycles. The molecule has 0 aromatic rings. The van der Waals surface area contributed by atoms with Gasteiger partial charge in [-0.2, -0.15) is 0 Å². The molecule has 0 aliphatic heterocycles. The largest absolute Gasteiger partial charge is 0.466 e. The number of unbranched alkanes of at least 4 members (excludes halogenated alkanes) is 19. The van der Waals surface area contributed by atoms with Crippen LogP contribution in [-0.4, -0.2) is 61.4 Å². The lowest BCUT2D eigenvalue weighted by atomic mass is 9.87. The first-order valence-corrected chi connectivity index (χ1v) is 19.5. The third-order valence-corrected chi connectivity index (χ3v) is 9.06. The predicted octanol–water partition coefficient (Wildman–Crippen LogP) is 10.6. The van der Waals surface area contributed by atoms with Crippen molar-refractivity contribution in [3.8, 4) is 0 Å². The number of ether oxygens (including phenoxy) is 2. The van der Waals surface area contributed by atoms with Crippen molar-refractivity contribution in [2.24, 2.45) is 5.41 Å². The van der Waals surface area contributed by atoms with Gasteiger partial charge in [0.1, 0.15) is 0 Å². The molecule has 268 valence electrons. The number of carbonyl (C=O) groups is 2. The van der Waals surface area contributed by atoms with Crippen molar-refractivity contribution in [1.82, 2.24) is 4.90 Å². The van der Waals surface area contributed by atoms with E-state index < -0.39 is 5.41 Å². The zero-order valence-electron chi connectivity index (χ0n) is 30.7. The standard InChI is InChI=1S/C39H77NO5/c1-5-7-9-11-13-14-16-19-26-35-44-37(42)29-22-21-25-32-40(33-28-34-41)31-24-18-17-23-30-39(3,4)38(43)45-36-27-20-15-12-10-8-6-2/h41H,5-36H2,1-4H3. The summed E-state index contributed by atoms with van der Waals surface area (Å²) in [4.78, 5) is 27.1. The summed E-state index contributed by atoms with van der Waals surface area (Å²) >= 11 is 0. The maximum absolute atomic E-state index is 12.6. The summed E-state index contributed by atoms with van der Waals surface area (Å²) in [6.07, 6.45) is 29.7. The minimum atomic E-state index is -0.409. The summed E-state index contributed by atoms with van der Waals surface area (Å²) in [6, 6.07) is 0. The van der Waals surface area contributed by atoms with Crippen LogP contribution < -0.4 is 0 Å². The minimum Gasteiger partial charge on any atom is -0.466 e. The fourth-order valence-corrected chi connectivity index (χ4v) is 5.86. The van der Waals surface area contributed by atoms with Crippen LogP contribution >= 0.6 is 0 Å². The van der Waals surface area contributed by atoms with E-state index in [9.17, 15) is 14.7 Å². The van der Waals surface area contributed by atoms with E-state index in [1.165, 1.54) is 77.0 Å². The number of hydrogen-bond acceptors (Lipinski definition) is 6. The predicted molar refractivity (Wildman–Crippen MR) is 191 cm³/mol. The Morgan fingerprint density at radius 1 is 0.533 bits per heavy atom. The first-order chi connectivity index (χ1) is 21.9. The summed E-state index contributed by atoms with van der Waals surface area (Å²) in [5, 5.41) is 9.32. The molecule has 0 saturated carbocycles. The highest BCUT2D eigenvalue weighted by molar-refractivity contribution is 5.75. The van der Waals surface area contributed by atoms with Crippen molar-refractivity contribution < 1.29 is 24.2 Å². The van der Waals surface area contributed by atoms with Crippen LogP contribution in [0, 0.1) is 5.41 Å². The lowest BCUT2D eigenvalue weighted by Gasteiger charge is -2.23. The molecule has 0 unspecified atom stereocenters. The van der Waals surface area contributed by atoms with Gasteiger partial charge in [-0.1, -0.05) is 129 Å². The van der Waals surface area contributed by atoms with E-state index in [1.807, 2.05) is 13.8 Å². The van der Waals surface area contributed by atoms with Gasteiger partial charge in [0.05, 0.1) is 18.6 Å². The second-order valence-electron chi connectivity index (χ2n) is 14.1. The molecule has 0 saturated heterocycles. The summed E-state index contributed by atoms with van der Waals surface area (Å²) < 4.78 is 11.0. The SMILES string of the molecule is CCCCCCCCCCCOC(=O)CCCCCN(CCCO)CCCCCCC(C)(C)C(=O)OCCCCCCCCC. The van der Waals surface area contributed by atoms with Gasteiger partial charge in [-0.3, -0.25) is 9.59 Å². The number of rotatable bonds is 35. The molecular formula is C39H77NO5.